The van der Waals surface area contributed by atoms with Crippen LogP contribution in [0.5, 0.6) is 0 Å². The molecule has 0 aliphatic carbocycles. The maximum absolute atomic E-state index is 2.21. The van der Waals surface area contributed by atoms with Gasteiger partial charge in [-0.25, -0.2) is 0 Å². The fourth-order valence-corrected chi connectivity index (χ4v) is 2.86. The lowest BCUT2D eigenvalue weighted by molar-refractivity contribution is 1.50. The Morgan fingerprint density at radius 2 is 0.440 bits per heavy atom. The van der Waals surface area contributed by atoms with E-state index >= 15 is 0 Å². The van der Waals surface area contributed by atoms with Crippen LogP contribution in [0, 0.1) is 0 Å². The highest BCUT2D eigenvalue weighted by Gasteiger charge is 2.06. The van der Waals surface area contributed by atoms with Gasteiger partial charge in [0.05, 0.1) is 0 Å². The van der Waals surface area contributed by atoms with Gasteiger partial charge >= 0.3 is 0 Å². The normalized spacial score (nSPS) is 8.88. The molecule has 0 amide bonds. The van der Waals surface area contributed by atoms with Crippen molar-refractivity contribution in [1.82, 2.24) is 0 Å². The lowest BCUT2D eigenvalue weighted by Gasteiger charge is -2.09. The molecule has 4 rings (SSSR count). The van der Waals surface area contributed by atoms with Crippen LogP contribution in [0.3, 0.4) is 0 Å². The van der Waals surface area contributed by atoms with Gasteiger partial charge in [0.15, 0.2) is 0 Å². The summed E-state index contributed by atoms with van der Waals surface area (Å²) in [6, 6.07) is 26.0. The Labute approximate surface area is 154 Å². The highest BCUT2D eigenvalue weighted by molar-refractivity contribution is 6.25. The van der Waals surface area contributed by atoms with E-state index in [2.05, 4.69) is 72.8 Å². The molecule has 0 unspecified atom stereocenters. The van der Waals surface area contributed by atoms with Crippen molar-refractivity contribution in [3.8, 4) is 0 Å². The van der Waals surface area contributed by atoms with Crippen LogP contribution in [0.2, 0.25) is 0 Å². The predicted octanol–water partition coefficient (Wildman–Crippen LogP) is 8.86. The number of hydrogen-bond donors (Lipinski definition) is 0. The molecule has 0 aliphatic heterocycles. The van der Waals surface area contributed by atoms with Gasteiger partial charge in [-0.15, -0.1) is 0 Å². The van der Waals surface area contributed by atoms with Crippen LogP contribution in [-0.4, -0.2) is 0 Å². The Morgan fingerprint density at radius 3 is 0.560 bits per heavy atom. The summed E-state index contributed by atoms with van der Waals surface area (Å²) >= 11 is 0. The maximum atomic E-state index is 2.21. The molecule has 0 saturated heterocycles. The third-order valence-electron chi connectivity index (χ3n) is 3.65. The molecule has 0 bridgehead atoms. The second-order valence-corrected chi connectivity index (χ2v) is 4.64. The first-order valence-corrected chi connectivity index (χ1v) is 9.23. The summed E-state index contributed by atoms with van der Waals surface area (Å²) in [5.41, 5.74) is 0. The van der Waals surface area contributed by atoms with E-state index in [-0.39, 0.29) is 7.43 Å². The van der Waals surface area contributed by atoms with Crippen molar-refractivity contribution in [3.63, 3.8) is 0 Å². The molecule has 0 atom stereocenters. The van der Waals surface area contributed by atoms with Crippen LogP contribution < -0.4 is 0 Å². The largest absolute Gasteiger partial charge is 0.0776 e. The van der Waals surface area contributed by atoms with Gasteiger partial charge in [0.1, 0.15) is 0 Å². The maximum Gasteiger partial charge on any atom is -0.00990 e. The van der Waals surface area contributed by atoms with Crippen molar-refractivity contribution in [3.05, 3.63) is 72.8 Å². The van der Waals surface area contributed by atoms with Crippen LogP contribution in [0.1, 0.15) is 49.0 Å². The summed E-state index contributed by atoms with van der Waals surface area (Å²) in [5, 5.41) is 8.04. The lowest BCUT2D eigenvalue weighted by Crippen LogP contribution is -1.81. The Hall–Kier alpha value is -2.34. The SMILES string of the molecule is C.CC.CC.CC.c1ccc2c(c1)c1ccccc1c1ccccc21. The molecule has 0 N–H and O–H groups in total. The van der Waals surface area contributed by atoms with Crippen molar-refractivity contribution < 1.29 is 0 Å². The monoisotopic (exact) mass is 334 g/mol. The van der Waals surface area contributed by atoms with Gasteiger partial charge in [-0.3, -0.25) is 0 Å². The quantitative estimate of drug-likeness (QED) is 0.282. The highest BCUT2D eigenvalue weighted by atomic mass is 14.1. The lowest BCUT2D eigenvalue weighted by atomic mass is 9.95. The second-order valence-electron chi connectivity index (χ2n) is 4.64. The number of benzene rings is 4. The van der Waals surface area contributed by atoms with Gasteiger partial charge < -0.3 is 0 Å². The average molecular weight is 335 g/mol. The average Bonchev–Trinajstić information content (AvgIpc) is 2.73. The summed E-state index contributed by atoms with van der Waals surface area (Å²) in [6.07, 6.45) is 0. The molecule has 4 aromatic carbocycles. The first kappa shape index (κ1) is 22.7. The smallest absolute Gasteiger partial charge is 0.00990 e. The van der Waals surface area contributed by atoms with E-state index in [4.69, 9.17) is 0 Å². The summed E-state index contributed by atoms with van der Waals surface area (Å²) in [5.74, 6) is 0. The van der Waals surface area contributed by atoms with E-state index in [1.165, 1.54) is 32.3 Å². The number of hydrogen-bond acceptors (Lipinski definition) is 0. The van der Waals surface area contributed by atoms with Crippen LogP contribution in [0.25, 0.3) is 32.3 Å². The molecule has 0 aromatic heterocycles. The zero-order chi connectivity index (χ0) is 17.9. The summed E-state index contributed by atoms with van der Waals surface area (Å²) in [4.78, 5) is 0. The molecule has 0 aliphatic rings. The first-order valence-electron chi connectivity index (χ1n) is 9.23. The minimum absolute atomic E-state index is 0. The fraction of sp³-hybridized carbons (Fsp3) is 0.280. The molecular weight excluding hydrogens is 300 g/mol. The Balaban J connectivity index is 0.000000751. The van der Waals surface area contributed by atoms with E-state index < -0.39 is 0 Å². The summed E-state index contributed by atoms with van der Waals surface area (Å²) in [6.45, 7) is 12.0. The number of rotatable bonds is 0. The Bertz CT molecular complexity index is 652. The van der Waals surface area contributed by atoms with Crippen molar-refractivity contribution >= 4 is 32.3 Å². The third-order valence-corrected chi connectivity index (χ3v) is 3.65. The topological polar surface area (TPSA) is 0 Å². The van der Waals surface area contributed by atoms with Crippen LogP contribution >= 0.6 is 0 Å². The van der Waals surface area contributed by atoms with E-state index in [0.29, 0.717) is 0 Å². The minimum atomic E-state index is 0. The van der Waals surface area contributed by atoms with E-state index in [0.717, 1.165) is 0 Å². The van der Waals surface area contributed by atoms with Crippen molar-refractivity contribution in [2.75, 3.05) is 0 Å². The van der Waals surface area contributed by atoms with Crippen LogP contribution in [-0.2, 0) is 0 Å². The van der Waals surface area contributed by atoms with Gasteiger partial charge in [-0.2, -0.15) is 0 Å². The Morgan fingerprint density at radius 1 is 0.320 bits per heavy atom. The molecule has 0 radical (unpaired) electrons. The molecule has 0 heteroatoms. The van der Waals surface area contributed by atoms with Crippen molar-refractivity contribution in [2.24, 2.45) is 0 Å². The molecule has 0 heterocycles. The van der Waals surface area contributed by atoms with E-state index in [1.54, 1.807) is 0 Å². The molecule has 25 heavy (non-hydrogen) atoms. The molecule has 4 aromatic rings. The molecular formula is C25H34. The molecule has 134 valence electrons. The van der Waals surface area contributed by atoms with Gasteiger partial charge in [0.25, 0.3) is 0 Å². The van der Waals surface area contributed by atoms with Gasteiger partial charge in [0.2, 0.25) is 0 Å². The third kappa shape index (κ3) is 4.60. The highest BCUT2D eigenvalue weighted by Crippen LogP contribution is 2.34. The molecule has 0 saturated carbocycles. The zero-order valence-corrected chi connectivity index (χ0v) is 15.9. The fourth-order valence-electron chi connectivity index (χ4n) is 2.86. The molecule has 0 spiro atoms. The van der Waals surface area contributed by atoms with Crippen LogP contribution in [0.15, 0.2) is 72.8 Å². The van der Waals surface area contributed by atoms with E-state index in [1.807, 2.05) is 41.5 Å². The number of fused-ring (bicyclic) bond motifs is 6. The zero-order valence-electron chi connectivity index (χ0n) is 15.9. The van der Waals surface area contributed by atoms with Gasteiger partial charge in [-0.1, -0.05) is 122 Å². The van der Waals surface area contributed by atoms with E-state index in [9.17, 15) is 0 Å². The molecule has 0 nitrogen and oxygen atoms in total. The standard InChI is InChI=1S/C18H12.3C2H6.CH4/c1-2-8-14-13(7-1)15-9-3-4-11-17(15)18-12-6-5-10-16(14)18;3*1-2;/h1-12H;3*1-2H3;1H4. The Kier molecular flexibility index (Phi) is 11.0. The predicted molar refractivity (Wildman–Crippen MR) is 120 cm³/mol. The summed E-state index contributed by atoms with van der Waals surface area (Å²) in [7, 11) is 0. The molecule has 0 fully saturated rings. The summed E-state index contributed by atoms with van der Waals surface area (Å²) < 4.78 is 0. The minimum Gasteiger partial charge on any atom is -0.0776 e. The van der Waals surface area contributed by atoms with Gasteiger partial charge in [0, 0.05) is 0 Å². The second kappa shape index (κ2) is 12.1. The van der Waals surface area contributed by atoms with Crippen LogP contribution in [0.4, 0.5) is 0 Å². The van der Waals surface area contributed by atoms with Crippen molar-refractivity contribution in [1.29, 1.82) is 0 Å². The first-order chi connectivity index (χ1) is 11.9. The van der Waals surface area contributed by atoms with Gasteiger partial charge in [-0.05, 0) is 32.3 Å². The van der Waals surface area contributed by atoms with Crippen molar-refractivity contribution in [2.45, 2.75) is 49.0 Å².